The second-order valence-corrected chi connectivity index (χ2v) is 3.72. The van der Waals surface area contributed by atoms with Crippen LogP contribution in [0.3, 0.4) is 0 Å². The SMILES string of the molecule is N#C/C=C(/c1ccccc1)N1CCCC1. The van der Waals surface area contributed by atoms with Gasteiger partial charge in [0.05, 0.1) is 11.8 Å². The highest BCUT2D eigenvalue weighted by Crippen LogP contribution is 2.23. The van der Waals surface area contributed by atoms with E-state index < -0.39 is 0 Å². The summed E-state index contributed by atoms with van der Waals surface area (Å²) in [5.41, 5.74) is 2.21. The maximum Gasteiger partial charge on any atom is 0.0934 e. The van der Waals surface area contributed by atoms with Crippen LogP contribution in [0.25, 0.3) is 5.70 Å². The molecule has 0 unspecified atom stereocenters. The minimum atomic E-state index is 1.07. The normalized spacial score (nSPS) is 16.5. The molecule has 2 rings (SSSR count). The van der Waals surface area contributed by atoms with Crippen LogP contribution in [0.15, 0.2) is 36.4 Å². The van der Waals surface area contributed by atoms with E-state index in [9.17, 15) is 0 Å². The summed E-state index contributed by atoms with van der Waals surface area (Å²) in [5, 5.41) is 8.81. The van der Waals surface area contributed by atoms with Gasteiger partial charge < -0.3 is 4.90 Å². The molecule has 1 fully saturated rings. The lowest BCUT2D eigenvalue weighted by Crippen LogP contribution is -2.17. The Morgan fingerprint density at radius 2 is 1.87 bits per heavy atom. The van der Waals surface area contributed by atoms with E-state index in [1.165, 1.54) is 12.8 Å². The molecule has 0 aliphatic carbocycles. The lowest BCUT2D eigenvalue weighted by molar-refractivity contribution is 0.493. The van der Waals surface area contributed by atoms with Crippen molar-refractivity contribution in [2.45, 2.75) is 12.8 Å². The second-order valence-electron chi connectivity index (χ2n) is 3.72. The first-order chi connectivity index (χ1) is 7.42. The third-order valence-electron chi connectivity index (χ3n) is 2.72. The number of nitriles is 1. The van der Waals surface area contributed by atoms with E-state index in [1.807, 2.05) is 18.2 Å². The first kappa shape index (κ1) is 9.79. The van der Waals surface area contributed by atoms with Gasteiger partial charge in [-0.3, -0.25) is 0 Å². The number of hydrogen-bond acceptors (Lipinski definition) is 2. The van der Waals surface area contributed by atoms with Crippen LogP contribution in [0.4, 0.5) is 0 Å². The Labute approximate surface area is 90.4 Å². The van der Waals surface area contributed by atoms with Gasteiger partial charge in [0.15, 0.2) is 0 Å². The molecule has 0 bridgehead atoms. The van der Waals surface area contributed by atoms with Gasteiger partial charge >= 0.3 is 0 Å². The summed E-state index contributed by atoms with van der Waals surface area (Å²) in [6.45, 7) is 2.14. The van der Waals surface area contributed by atoms with E-state index >= 15 is 0 Å². The van der Waals surface area contributed by atoms with Gasteiger partial charge in [-0.25, -0.2) is 0 Å². The van der Waals surface area contributed by atoms with Crippen molar-refractivity contribution in [3.8, 4) is 6.07 Å². The monoisotopic (exact) mass is 198 g/mol. The van der Waals surface area contributed by atoms with Gasteiger partial charge in [-0.15, -0.1) is 0 Å². The maximum absolute atomic E-state index is 8.81. The first-order valence-electron chi connectivity index (χ1n) is 5.32. The molecule has 1 aromatic carbocycles. The second kappa shape index (κ2) is 4.65. The molecule has 1 heterocycles. The molecule has 0 amide bonds. The topological polar surface area (TPSA) is 27.0 Å². The average molecular weight is 198 g/mol. The Balaban J connectivity index is 2.29. The zero-order valence-corrected chi connectivity index (χ0v) is 8.69. The van der Waals surface area contributed by atoms with Gasteiger partial charge in [-0.2, -0.15) is 5.26 Å². The summed E-state index contributed by atoms with van der Waals surface area (Å²) in [4.78, 5) is 2.29. The largest absolute Gasteiger partial charge is 0.370 e. The predicted octanol–water partition coefficient (Wildman–Crippen LogP) is 2.65. The Kier molecular flexibility index (Phi) is 3.04. The van der Waals surface area contributed by atoms with Crippen molar-refractivity contribution in [2.75, 3.05) is 13.1 Å². The van der Waals surface area contributed by atoms with Crippen molar-refractivity contribution in [1.82, 2.24) is 4.90 Å². The van der Waals surface area contributed by atoms with Crippen molar-refractivity contribution in [3.63, 3.8) is 0 Å². The van der Waals surface area contributed by atoms with Crippen LogP contribution in [0, 0.1) is 11.3 Å². The lowest BCUT2D eigenvalue weighted by atomic mass is 10.1. The Morgan fingerprint density at radius 1 is 1.20 bits per heavy atom. The number of nitrogens with zero attached hydrogens (tertiary/aromatic N) is 2. The molecule has 0 atom stereocenters. The minimum Gasteiger partial charge on any atom is -0.370 e. The first-order valence-corrected chi connectivity index (χ1v) is 5.32. The molecule has 2 nitrogen and oxygen atoms in total. The summed E-state index contributed by atoms with van der Waals surface area (Å²) < 4.78 is 0. The summed E-state index contributed by atoms with van der Waals surface area (Å²) in [6, 6.07) is 12.3. The van der Waals surface area contributed by atoms with Crippen LogP contribution in [0.5, 0.6) is 0 Å². The summed E-state index contributed by atoms with van der Waals surface area (Å²) in [7, 11) is 0. The summed E-state index contributed by atoms with van der Waals surface area (Å²) in [5.74, 6) is 0. The van der Waals surface area contributed by atoms with E-state index in [0.29, 0.717) is 0 Å². The van der Waals surface area contributed by atoms with E-state index in [0.717, 1.165) is 24.4 Å². The molecule has 1 aromatic rings. The Bertz CT molecular complexity index is 381. The molecule has 0 saturated carbocycles. The fourth-order valence-electron chi connectivity index (χ4n) is 1.99. The zero-order valence-electron chi connectivity index (χ0n) is 8.69. The third-order valence-corrected chi connectivity index (χ3v) is 2.72. The van der Waals surface area contributed by atoms with Gasteiger partial charge in [-0.05, 0) is 18.4 Å². The molecule has 15 heavy (non-hydrogen) atoms. The number of rotatable bonds is 2. The number of hydrogen-bond donors (Lipinski definition) is 0. The van der Waals surface area contributed by atoms with E-state index in [4.69, 9.17) is 5.26 Å². The highest BCUT2D eigenvalue weighted by Gasteiger charge is 2.15. The van der Waals surface area contributed by atoms with Crippen molar-refractivity contribution < 1.29 is 0 Å². The predicted molar refractivity (Wildman–Crippen MR) is 60.8 cm³/mol. The van der Waals surface area contributed by atoms with Gasteiger partial charge in [0.2, 0.25) is 0 Å². The van der Waals surface area contributed by atoms with Gasteiger partial charge in [-0.1, -0.05) is 30.3 Å². The summed E-state index contributed by atoms with van der Waals surface area (Å²) in [6.07, 6.45) is 4.12. The number of benzene rings is 1. The molecule has 1 saturated heterocycles. The molecule has 1 aliphatic rings. The lowest BCUT2D eigenvalue weighted by Gasteiger charge is -2.20. The molecular formula is C13H14N2. The van der Waals surface area contributed by atoms with E-state index in [-0.39, 0.29) is 0 Å². The maximum atomic E-state index is 8.81. The molecular weight excluding hydrogens is 184 g/mol. The minimum absolute atomic E-state index is 1.07. The van der Waals surface area contributed by atoms with Crippen LogP contribution < -0.4 is 0 Å². The van der Waals surface area contributed by atoms with Crippen LogP contribution in [-0.4, -0.2) is 18.0 Å². The van der Waals surface area contributed by atoms with Crippen LogP contribution in [0.1, 0.15) is 18.4 Å². The zero-order chi connectivity index (χ0) is 10.5. The van der Waals surface area contributed by atoms with E-state index in [1.54, 1.807) is 6.08 Å². The van der Waals surface area contributed by atoms with Crippen LogP contribution in [-0.2, 0) is 0 Å². The number of likely N-dealkylation sites (tertiary alicyclic amines) is 1. The number of allylic oxidation sites excluding steroid dienone is 1. The molecule has 0 spiro atoms. The smallest absolute Gasteiger partial charge is 0.0934 e. The molecule has 0 N–H and O–H groups in total. The van der Waals surface area contributed by atoms with Gasteiger partial charge in [0.1, 0.15) is 0 Å². The van der Waals surface area contributed by atoms with Crippen molar-refractivity contribution in [1.29, 1.82) is 5.26 Å². The van der Waals surface area contributed by atoms with Crippen molar-refractivity contribution in [3.05, 3.63) is 42.0 Å². The molecule has 0 aromatic heterocycles. The quantitative estimate of drug-likeness (QED) is 0.683. The molecule has 76 valence electrons. The molecule has 0 radical (unpaired) electrons. The highest BCUT2D eigenvalue weighted by molar-refractivity contribution is 5.66. The third kappa shape index (κ3) is 2.19. The van der Waals surface area contributed by atoms with Gasteiger partial charge in [0, 0.05) is 19.2 Å². The standard InChI is InChI=1S/C13H14N2/c14-9-8-13(15-10-4-5-11-15)12-6-2-1-3-7-12/h1-3,6-8H,4-5,10-11H2/b13-8-. The fraction of sp³-hybridized carbons (Fsp3) is 0.308. The van der Waals surface area contributed by atoms with Crippen LogP contribution in [0.2, 0.25) is 0 Å². The van der Waals surface area contributed by atoms with Crippen LogP contribution >= 0.6 is 0 Å². The van der Waals surface area contributed by atoms with Crippen molar-refractivity contribution in [2.24, 2.45) is 0 Å². The molecule has 2 heteroatoms. The molecule has 1 aliphatic heterocycles. The van der Waals surface area contributed by atoms with E-state index in [2.05, 4.69) is 23.1 Å². The van der Waals surface area contributed by atoms with Crippen molar-refractivity contribution >= 4 is 5.70 Å². The Hall–Kier alpha value is -1.75. The Morgan fingerprint density at radius 3 is 2.47 bits per heavy atom. The average Bonchev–Trinajstić information content (AvgIpc) is 2.80. The highest BCUT2D eigenvalue weighted by atomic mass is 15.1. The van der Waals surface area contributed by atoms with Gasteiger partial charge in [0.25, 0.3) is 0 Å². The fourth-order valence-corrected chi connectivity index (χ4v) is 1.99. The summed E-state index contributed by atoms with van der Waals surface area (Å²) >= 11 is 0.